The van der Waals surface area contributed by atoms with Crippen LogP contribution in [0.4, 0.5) is 0 Å². The molecule has 5 nitrogen and oxygen atoms in total. The third kappa shape index (κ3) is 3.58. The summed E-state index contributed by atoms with van der Waals surface area (Å²) in [5.41, 5.74) is 5.89. The van der Waals surface area contributed by atoms with Crippen molar-refractivity contribution in [2.45, 2.75) is 31.8 Å². The van der Waals surface area contributed by atoms with Crippen molar-refractivity contribution in [3.63, 3.8) is 0 Å². The number of hydrogen-bond donors (Lipinski definition) is 2. The Morgan fingerprint density at radius 2 is 2.56 bits per heavy atom. The number of hydrogen-bond acceptors (Lipinski definition) is 4. The molecule has 0 radical (unpaired) electrons. The quantitative estimate of drug-likeness (QED) is 0.833. The Bertz CT molecular complexity index is 378. The molecular formula is C13H21N3O2. The number of carbonyl (C=O) groups excluding carboxylic acids is 1. The average molecular weight is 251 g/mol. The van der Waals surface area contributed by atoms with E-state index in [2.05, 4.69) is 10.2 Å². The molecular weight excluding hydrogens is 230 g/mol. The molecule has 1 aliphatic rings. The second kappa shape index (κ2) is 6.02. The molecule has 5 heteroatoms. The fourth-order valence-corrected chi connectivity index (χ4v) is 2.33. The van der Waals surface area contributed by atoms with Crippen molar-refractivity contribution in [3.05, 3.63) is 24.2 Å². The summed E-state index contributed by atoms with van der Waals surface area (Å²) in [6.45, 7) is 4.09. The molecule has 1 aromatic rings. The van der Waals surface area contributed by atoms with E-state index in [9.17, 15) is 4.79 Å². The van der Waals surface area contributed by atoms with Crippen LogP contribution in [-0.2, 0) is 4.79 Å². The Kier molecular flexibility index (Phi) is 4.38. The summed E-state index contributed by atoms with van der Waals surface area (Å²) in [6, 6.07) is 3.80. The number of furan rings is 1. The van der Waals surface area contributed by atoms with Crippen molar-refractivity contribution < 1.29 is 9.21 Å². The number of carbonyl (C=O) groups is 1. The fourth-order valence-electron chi connectivity index (χ4n) is 2.33. The van der Waals surface area contributed by atoms with Crippen molar-refractivity contribution in [2.24, 2.45) is 5.73 Å². The number of amides is 1. The highest BCUT2D eigenvalue weighted by Gasteiger charge is 2.20. The van der Waals surface area contributed by atoms with Crippen LogP contribution in [0.5, 0.6) is 0 Å². The highest BCUT2D eigenvalue weighted by Crippen LogP contribution is 2.12. The molecule has 2 atom stereocenters. The van der Waals surface area contributed by atoms with E-state index in [1.807, 2.05) is 19.1 Å². The van der Waals surface area contributed by atoms with Gasteiger partial charge in [0, 0.05) is 12.6 Å². The SMILES string of the molecule is CC(NC(=O)CN1CCC[C@@H](N)C1)c1ccco1. The number of nitrogens with one attached hydrogen (secondary N) is 1. The zero-order chi connectivity index (χ0) is 13.0. The predicted octanol–water partition coefficient (Wildman–Crippen LogP) is 0.880. The van der Waals surface area contributed by atoms with E-state index in [0.29, 0.717) is 6.54 Å². The topological polar surface area (TPSA) is 71.5 Å². The lowest BCUT2D eigenvalue weighted by molar-refractivity contribution is -0.123. The minimum absolute atomic E-state index is 0.0213. The van der Waals surface area contributed by atoms with Crippen molar-refractivity contribution in [1.82, 2.24) is 10.2 Å². The number of piperidine rings is 1. The first-order valence-electron chi connectivity index (χ1n) is 6.46. The van der Waals surface area contributed by atoms with Crippen molar-refractivity contribution in [2.75, 3.05) is 19.6 Å². The number of nitrogens with zero attached hydrogens (tertiary/aromatic N) is 1. The highest BCUT2D eigenvalue weighted by atomic mass is 16.3. The minimum atomic E-state index is -0.0917. The van der Waals surface area contributed by atoms with Crippen LogP contribution in [0, 0.1) is 0 Å². The van der Waals surface area contributed by atoms with Crippen molar-refractivity contribution in [3.8, 4) is 0 Å². The predicted molar refractivity (Wildman–Crippen MR) is 68.9 cm³/mol. The molecule has 1 fully saturated rings. The maximum Gasteiger partial charge on any atom is 0.234 e. The molecule has 18 heavy (non-hydrogen) atoms. The number of rotatable bonds is 4. The maximum atomic E-state index is 11.9. The summed E-state index contributed by atoms with van der Waals surface area (Å²) in [4.78, 5) is 14.0. The van der Waals surface area contributed by atoms with Crippen LogP contribution in [0.2, 0.25) is 0 Å². The van der Waals surface area contributed by atoms with Crippen LogP contribution >= 0.6 is 0 Å². The monoisotopic (exact) mass is 251 g/mol. The Morgan fingerprint density at radius 3 is 3.22 bits per heavy atom. The van der Waals surface area contributed by atoms with Gasteiger partial charge in [0.05, 0.1) is 18.8 Å². The van der Waals surface area contributed by atoms with Gasteiger partial charge in [0.2, 0.25) is 5.91 Å². The van der Waals surface area contributed by atoms with E-state index in [4.69, 9.17) is 10.2 Å². The molecule has 0 spiro atoms. The summed E-state index contributed by atoms with van der Waals surface area (Å²) >= 11 is 0. The summed E-state index contributed by atoms with van der Waals surface area (Å²) in [7, 11) is 0. The van der Waals surface area contributed by atoms with Crippen LogP contribution in [0.15, 0.2) is 22.8 Å². The molecule has 1 saturated heterocycles. The van der Waals surface area contributed by atoms with E-state index < -0.39 is 0 Å². The first-order chi connectivity index (χ1) is 8.65. The van der Waals surface area contributed by atoms with Crippen molar-refractivity contribution >= 4 is 5.91 Å². The van der Waals surface area contributed by atoms with E-state index in [1.54, 1.807) is 6.26 Å². The first-order valence-corrected chi connectivity index (χ1v) is 6.46. The molecule has 1 amide bonds. The van der Waals surface area contributed by atoms with Crippen LogP contribution in [0.25, 0.3) is 0 Å². The zero-order valence-electron chi connectivity index (χ0n) is 10.8. The lowest BCUT2D eigenvalue weighted by Gasteiger charge is -2.30. The van der Waals surface area contributed by atoms with Gasteiger partial charge in [0.1, 0.15) is 5.76 Å². The lowest BCUT2D eigenvalue weighted by atomic mass is 10.1. The van der Waals surface area contributed by atoms with Crippen LogP contribution in [0.1, 0.15) is 31.6 Å². The molecule has 0 aliphatic carbocycles. The van der Waals surface area contributed by atoms with Crippen LogP contribution < -0.4 is 11.1 Å². The molecule has 2 rings (SSSR count). The first kappa shape index (κ1) is 13.1. The third-order valence-electron chi connectivity index (χ3n) is 3.26. The molecule has 0 bridgehead atoms. The fraction of sp³-hybridized carbons (Fsp3) is 0.615. The normalized spacial score (nSPS) is 22.7. The zero-order valence-corrected chi connectivity index (χ0v) is 10.8. The standard InChI is InChI=1S/C13H21N3O2/c1-10(12-5-3-7-18-12)15-13(17)9-16-6-2-4-11(14)8-16/h3,5,7,10-11H,2,4,6,8-9,14H2,1H3,(H,15,17)/t10?,11-/m1/s1. The van der Waals surface area contributed by atoms with Gasteiger partial charge in [0.25, 0.3) is 0 Å². The van der Waals surface area contributed by atoms with Gasteiger partial charge in [-0.2, -0.15) is 0 Å². The van der Waals surface area contributed by atoms with Crippen LogP contribution in [-0.4, -0.2) is 36.5 Å². The Balaban J connectivity index is 1.78. The summed E-state index contributed by atoms with van der Waals surface area (Å²) in [5.74, 6) is 0.798. The van der Waals surface area contributed by atoms with Gasteiger partial charge in [-0.15, -0.1) is 0 Å². The summed E-state index contributed by atoms with van der Waals surface area (Å²) in [6.07, 6.45) is 3.74. The molecule has 0 saturated carbocycles. The lowest BCUT2D eigenvalue weighted by Crippen LogP contribution is -2.47. The minimum Gasteiger partial charge on any atom is -0.467 e. The van der Waals surface area contributed by atoms with Gasteiger partial charge in [-0.05, 0) is 38.4 Å². The van der Waals surface area contributed by atoms with E-state index in [0.717, 1.165) is 31.7 Å². The summed E-state index contributed by atoms with van der Waals surface area (Å²) in [5, 5.41) is 2.93. The maximum absolute atomic E-state index is 11.9. The van der Waals surface area contributed by atoms with Gasteiger partial charge in [0.15, 0.2) is 0 Å². The van der Waals surface area contributed by atoms with Gasteiger partial charge in [-0.1, -0.05) is 0 Å². The third-order valence-corrected chi connectivity index (χ3v) is 3.26. The average Bonchev–Trinajstić information content (AvgIpc) is 2.81. The molecule has 100 valence electrons. The van der Waals surface area contributed by atoms with Gasteiger partial charge >= 0.3 is 0 Å². The van der Waals surface area contributed by atoms with Crippen LogP contribution in [0.3, 0.4) is 0 Å². The Labute approximate surface area is 107 Å². The largest absolute Gasteiger partial charge is 0.467 e. The van der Waals surface area contributed by atoms with Gasteiger partial charge < -0.3 is 15.5 Å². The number of likely N-dealkylation sites (tertiary alicyclic amines) is 1. The smallest absolute Gasteiger partial charge is 0.234 e. The molecule has 1 aliphatic heterocycles. The summed E-state index contributed by atoms with van der Waals surface area (Å²) < 4.78 is 5.25. The van der Waals surface area contributed by atoms with Gasteiger partial charge in [-0.3, -0.25) is 9.69 Å². The molecule has 3 N–H and O–H groups in total. The van der Waals surface area contributed by atoms with E-state index in [1.165, 1.54) is 0 Å². The highest BCUT2D eigenvalue weighted by molar-refractivity contribution is 5.78. The second-order valence-electron chi connectivity index (χ2n) is 4.94. The molecule has 1 unspecified atom stereocenters. The molecule has 1 aromatic heterocycles. The second-order valence-corrected chi connectivity index (χ2v) is 4.94. The van der Waals surface area contributed by atoms with E-state index in [-0.39, 0.29) is 18.0 Å². The van der Waals surface area contributed by atoms with Gasteiger partial charge in [-0.25, -0.2) is 0 Å². The Morgan fingerprint density at radius 1 is 1.72 bits per heavy atom. The molecule has 0 aromatic carbocycles. The van der Waals surface area contributed by atoms with Crippen molar-refractivity contribution in [1.29, 1.82) is 0 Å². The number of nitrogens with two attached hydrogens (primary N) is 1. The Hall–Kier alpha value is -1.33. The molecule has 2 heterocycles. The van der Waals surface area contributed by atoms with E-state index >= 15 is 0 Å².